The number of nitrogens with two attached hydrogens (primary N) is 1. The van der Waals surface area contributed by atoms with E-state index < -0.39 is 11.0 Å². The molecule has 0 aliphatic rings. The zero-order valence-electron chi connectivity index (χ0n) is 10.5. The summed E-state index contributed by atoms with van der Waals surface area (Å²) in [6.45, 7) is 3.74. The van der Waals surface area contributed by atoms with Crippen LogP contribution in [-0.4, -0.2) is 16.9 Å². The molecule has 0 spiro atoms. The third-order valence-electron chi connectivity index (χ3n) is 2.84. The van der Waals surface area contributed by atoms with Gasteiger partial charge in [-0.25, -0.2) is 0 Å². The second kappa shape index (κ2) is 6.11. The van der Waals surface area contributed by atoms with Crippen LogP contribution in [0.3, 0.4) is 0 Å². The number of hydrogen-bond donors (Lipinski definition) is 2. The van der Waals surface area contributed by atoms with Gasteiger partial charge in [-0.15, -0.1) is 0 Å². The molecule has 0 bridgehead atoms. The van der Waals surface area contributed by atoms with Crippen LogP contribution in [0.5, 0.6) is 0 Å². The van der Waals surface area contributed by atoms with Gasteiger partial charge in [-0.05, 0) is 18.9 Å². The SMILES string of the molecule is CC[C@@H](N)C(=O)NCc1cccc([N+](=O)[O-])c1C. The van der Waals surface area contributed by atoms with Gasteiger partial charge < -0.3 is 11.1 Å². The molecule has 6 nitrogen and oxygen atoms in total. The summed E-state index contributed by atoms with van der Waals surface area (Å²) in [5, 5.41) is 13.4. The average Bonchev–Trinajstić information content (AvgIpc) is 2.35. The van der Waals surface area contributed by atoms with Crippen LogP contribution in [-0.2, 0) is 11.3 Å². The van der Waals surface area contributed by atoms with Crippen molar-refractivity contribution in [3.63, 3.8) is 0 Å². The van der Waals surface area contributed by atoms with Crippen molar-refractivity contribution < 1.29 is 9.72 Å². The number of benzene rings is 1. The molecule has 0 aromatic heterocycles. The molecule has 0 radical (unpaired) electrons. The van der Waals surface area contributed by atoms with Crippen LogP contribution in [0.15, 0.2) is 18.2 Å². The summed E-state index contributed by atoms with van der Waals surface area (Å²) in [6.07, 6.45) is 0.555. The van der Waals surface area contributed by atoms with Crippen molar-refractivity contribution in [2.75, 3.05) is 0 Å². The van der Waals surface area contributed by atoms with E-state index in [-0.39, 0.29) is 18.1 Å². The minimum atomic E-state index is -0.538. The standard InChI is InChI=1S/C12H17N3O3/c1-3-10(13)12(16)14-7-9-5-4-6-11(8(9)2)15(17)18/h4-6,10H,3,7,13H2,1-2H3,(H,14,16)/t10-/m1/s1. The number of nitro benzene ring substituents is 1. The van der Waals surface area contributed by atoms with Crippen molar-refractivity contribution in [1.82, 2.24) is 5.32 Å². The van der Waals surface area contributed by atoms with Gasteiger partial charge in [0.2, 0.25) is 5.91 Å². The number of hydrogen-bond acceptors (Lipinski definition) is 4. The van der Waals surface area contributed by atoms with Gasteiger partial charge in [0, 0.05) is 18.2 Å². The second-order valence-corrected chi connectivity index (χ2v) is 4.05. The molecule has 1 aromatic carbocycles. The van der Waals surface area contributed by atoms with Gasteiger partial charge in [-0.2, -0.15) is 0 Å². The summed E-state index contributed by atoms with van der Waals surface area (Å²) < 4.78 is 0. The van der Waals surface area contributed by atoms with Crippen molar-refractivity contribution in [3.8, 4) is 0 Å². The zero-order valence-corrected chi connectivity index (χ0v) is 10.5. The average molecular weight is 251 g/mol. The van der Waals surface area contributed by atoms with Gasteiger partial charge in [0.25, 0.3) is 5.69 Å². The third kappa shape index (κ3) is 3.27. The Labute approximate surface area is 105 Å². The lowest BCUT2D eigenvalue weighted by Gasteiger charge is -2.11. The van der Waals surface area contributed by atoms with Crippen LogP contribution >= 0.6 is 0 Å². The van der Waals surface area contributed by atoms with E-state index in [0.29, 0.717) is 12.0 Å². The lowest BCUT2D eigenvalue weighted by atomic mass is 10.1. The summed E-state index contributed by atoms with van der Waals surface area (Å²) in [5.41, 5.74) is 6.92. The molecule has 1 aromatic rings. The van der Waals surface area contributed by atoms with Crippen molar-refractivity contribution in [1.29, 1.82) is 0 Å². The largest absolute Gasteiger partial charge is 0.351 e. The molecule has 1 amide bonds. The Balaban J connectivity index is 2.77. The molecule has 1 rings (SSSR count). The first kappa shape index (κ1) is 14.1. The Morgan fingerprint density at radius 2 is 2.22 bits per heavy atom. The summed E-state index contributed by atoms with van der Waals surface area (Å²) in [7, 11) is 0. The van der Waals surface area contributed by atoms with E-state index in [1.165, 1.54) is 6.07 Å². The highest BCUT2D eigenvalue weighted by atomic mass is 16.6. The number of carbonyl (C=O) groups excluding carboxylic acids is 1. The number of nitrogens with one attached hydrogen (secondary N) is 1. The van der Waals surface area contributed by atoms with Crippen LogP contribution in [0.25, 0.3) is 0 Å². The van der Waals surface area contributed by atoms with Crippen molar-refractivity contribution in [2.45, 2.75) is 32.9 Å². The van der Waals surface area contributed by atoms with E-state index in [4.69, 9.17) is 5.73 Å². The minimum Gasteiger partial charge on any atom is -0.351 e. The summed E-state index contributed by atoms with van der Waals surface area (Å²) >= 11 is 0. The number of rotatable bonds is 5. The van der Waals surface area contributed by atoms with Gasteiger partial charge in [0.15, 0.2) is 0 Å². The molecular formula is C12H17N3O3. The number of carbonyl (C=O) groups is 1. The lowest BCUT2D eigenvalue weighted by Crippen LogP contribution is -2.39. The highest BCUT2D eigenvalue weighted by Crippen LogP contribution is 2.20. The molecule has 6 heteroatoms. The zero-order chi connectivity index (χ0) is 13.7. The van der Waals surface area contributed by atoms with Crippen molar-refractivity contribution in [2.24, 2.45) is 5.73 Å². The molecule has 18 heavy (non-hydrogen) atoms. The topological polar surface area (TPSA) is 98.3 Å². The molecule has 0 fully saturated rings. The first-order valence-corrected chi connectivity index (χ1v) is 5.73. The first-order valence-electron chi connectivity index (χ1n) is 5.73. The molecule has 3 N–H and O–H groups in total. The van der Waals surface area contributed by atoms with Gasteiger partial charge in [-0.3, -0.25) is 14.9 Å². The lowest BCUT2D eigenvalue weighted by molar-refractivity contribution is -0.385. The maximum atomic E-state index is 11.5. The Bertz CT molecular complexity index is 460. The molecule has 0 heterocycles. The van der Waals surface area contributed by atoms with Crippen LogP contribution in [0, 0.1) is 17.0 Å². The molecule has 0 unspecified atom stereocenters. The molecule has 0 saturated heterocycles. The fourth-order valence-corrected chi connectivity index (χ4v) is 1.56. The second-order valence-electron chi connectivity index (χ2n) is 4.05. The van der Waals surface area contributed by atoms with E-state index >= 15 is 0 Å². The Morgan fingerprint density at radius 3 is 2.78 bits per heavy atom. The Kier molecular flexibility index (Phi) is 4.79. The Morgan fingerprint density at radius 1 is 1.56 bits per heavy atom. The van der Waals surface area contributed by atoms with Gasteiger partial charge >= 0.3 is 0 Å². The monoisotopic (exact) mass is 251 g/mol. The number of amides is 1. The fraction of sp³-hybridized carbons (Fsp3) is 0.417. The quantitative estimate of drug-likeness (QED) is 0.608. The third-order valence-corrected chi connectivity index (χ3v) is 2.84. The maximum Gasteiger partial charge on any atom is 0.272 e. The molecule has 0 aliphatic carbocycles. The van der Waals surface area contributed by atoms with E-state index in [1.807, 2.05) is 6.92 Å². The van der Waals surface area contributed by atoms with E-state index in [2.05, 4.69) is 5.32 Å². The number of nitrogens with zero attached hydrogens (tertiary/aromatic N) is 1. The maximum absolute atomic E-state index is 11.5. The number of nitro groups is 1. The van der Waals surface area contributed by atoms with Crippen molar-refractivity contribution in [3.05, 3.63) is 39.4 Å². The predicted octanol–water partition coefficient (Wildman–Crippen LogP) is 1.26. The fourth-order valence-electron chi connectivity index (χ4n) is 1.56. The summed E-state index contributed by atoms with van der Waals surface area (Å²) in [4.78, 5) is 21.8. The van der Waals surface area contributed by atoms with E-state index in [1.54, 1.807) is 19.1 Å². The summed E-state index contributed by atoms with van der Waals surface area (Å²) in [6, 6.07) is 4.26. The summed E-state index contributed by atoms with van der Waals surface area (Å²) in [5.74, 6) is -0.247. The molecule has 0 aliphatic heterocycles. The van der Waals surface area contributed by atoms with Crippen LogP contribution in [0.1, 0.15) is 24.5 Å². The van der Waals surface area contributed by atoms with Crippen LogP contribution in [0.4, 0.5) is 5.69 Å². The van der Waals surface area contributed by atoms with E-state index in [9.17, 15) is 14.9 Å². The van der Waals surface area contributed by atoms with Crippen LogP contribution in [0.2, 0.25) is 0 Å². The Hall–Kier alpha value is -1.95. The minimum absolute atomic E-state index is 0.0570. The molecule has 1 atom stereocenters. The van der Waals surface area contributed by atoms with Gasteiger partial charge in [0.05, 0.1) is 11.0 Å². The molecule has 98 valence electrons. The highest BCUT2D eigenvalue weighted by molar-refractivity contribution is 5.81. The van der Waals surface area contributed by atoms with E-state index in [0.717, 1.165) is 5.56 Å². The molecular weight excluding hydrogens is 234 g/mol. The van der Waals surface area contributed by atoms with Gasteiger partial charge in [0.1, 0.15) is 0 Å². The van der Waals surface area contributed by atoms with Crippen molar-refractivity contribution >= 4 is 11.6 Å². The van der Waals surface area contributed by atoms with Crippen LogP contribution < -0.4 is 11.1 Å². The normalized spacial score (nSPS) is 11.9. The first-order chi connectivity index (χ1) is 8.47. The predicted molar refractivity (Wildman–Crippen MR) is 67.9 cm³/mol. The van der Waals surface area contributed by atoms with Gasteiger partial charge in [-0.1, -0.05) is 19.1 Å². The smallest absolute Gasteiger partial charge is 0.272 e. The highest BCUT2D eigenvalue weighted by Gasteiger charge is 2.15. The molecule has 0 saturated carbocycles.